The van der Waals surface area contributed by atoms with Crippen molar-refractivity contribution in [1.29, 1.82) is 0 Å². The fourth-order valence-electron chi connectivity index (χ4n) is 2.28. The third kappa shape index (κ3) is 2.74. The third-order valence-electron chi connectivity index (χ3n) is 3.29. The van der Waals surface area contributed by atoms with Crippen molar-refractivity contribution in [1.82, 2.24) is 9.97 Å². The van der Waals surface area contributed by atoms with Gasteiger partial charge in [-0.05, 0) is 48.0 Å². The molecule has 0 aliphatic carbocycles. The van der Waals surface area contributed by atoms with Crippen LogP contribution in [0.25, 0.3) is 22.2 Å². The van der Waals surface area contributed by atoms with Crippen LogP contribution in [-0.2, 0) is 0 Å². The normalized spacial score (nSPS) is 10.7. The molecule has 22 heavy (non-hydrogen) atoms. The number of aromatic nitrogens is 2. The molecule has 4 nitrogen and oxygen atoms in total. The lowest BCUT2D eigenvalue weighted by atomic mass is 10.1. The zero-order valence-electron chi connectivity index (χ0n) is 11.9. The summed E-state index contributed by atoms with van der Waals surface area (Å²) in [5, 5.41) is 1.12. The van der Waals surface area contributed by atoms with Gasteiger partial charge in [0.1, 0.15) is 0 Å². The Balaban J connectivity index is 2.27. The van der Waals surface area contributed by atoms with Crippen molar-refractivity contribution >= 4 is 38.4 Å². The van der Waals surface area contributed by atoms with Crippen molar-refractivity contribution in [2.24, 2.45) is 0 Å². The summed E-state index contributed by atoms with van der Waals surface area (Å²) in [6.45, 7) is 0. The van der Waals surface area contributed by atoms with E-state index in [1.54, 1.807) is 14.2 Å². The van der Waals surface area contributed by atoms with Crippen LogP contribution in [0.15, 0.2) is 40.9 Å². The minimum atomic E-state index is 0.208. The minimum absolute atomic E-state index is 0.208. The SMILES string of the molecule is COc1ccc(-c2nc(Cl)nc3ccc(Br)cc23)cc1OC. The number of methoxy groups -OCH3 is 2. The van der Waals surface area contributed by atoms with Crippen LogP contribution < -0.4 is 9.47 Å². The summed E-state index contributed by atoms with van der Waals surface area (Å²) in [6, 6.07) is 11.4. The fourth-order valence-corrected chi connectivity index (χ4v) is 2.81. The largest absolute Gasteiger partial charge is 0.493 e. The van der Waals surface area contributed by atoms with E-state index >= 15 is 0 Å². The first-order valence-electron chi connectivity index (χ1n) is 6.47. The summed E-state index contributed by atoms with van der Waals surface area (Å²) in [7, 11) is 3.20. The average Bonchev–Trinajstić information content (AvgIpc) is 2.53. The van der Waals surface area contributed by atoms with Gasteiger partial charge in [-0.2, -0.15) is 0 Å². The Bertz CT molecular complexity index is 855. The van der Waals surface area contributed by atoms with Crippen LogP contribution in [0, 0.1) is 0 Å². The predicted octanol–water partition coefficient (Wildman–Crippen LogP) is 4.73. The van der Waals surface area contributed by atoms with Crippen LogP contribution in [0.4, 0.5) is 0 Å². The number of halogens is 2. The zero-order valence-corrected chi connectivity index (χ0v) is 14.3. The molecule has 0 aliphatic rings. The molecule has 2 aromatic carbocycles. The molecular weight excluding hydrogens is 368 g/mol. The molecule has 0 saturated heterocycles. The first-order chi connectivity index (χ1) is 10.6. The van der Waals surface area contributed by atoms with Crippen LogP contribution in [0.1, 0.15) is 0 Å². The number of hydrogen-bond donors (Lipinski definition) is 0. The Morgan fingerprint density at radius 3 is 2.45 bits per heavy atom. The number of benzene rings is 2. The molecule has 0 spiro atoms. The van der Waals surface area contributed by atoms with Crippen molar-refractivity contribution in [2.45, 2.75) is 0 Å². The Morgan fingerprint density at radius 2 is 1.73 bits per heavy atom. The van der Waals surface area contributed by atoms with E-state index in [2.05, 4.69) is 25.9 Å². The quantitative estimate of drug-likeness (QED) is 0.617. The Kier molecular flexibility index (Phi) is 4.18. The van der Waals surface area contributed by atoms with Gasteiger partial charge < -0.3 is 9.47 Å². The number of hydrogen-bond acceptors (Lipinski definition) is 4. The highest BCUT2D eigenvalue weighted by Crippen LogP contribution is 2.35. The summed E-state index contributed by atoms with van der Waals surface area (Å²) in [5.74, 6) is 1.30. The van der Waals surface area contributed by atoms with E-state index in [1.165, 1.54) is 0 Å². The number of rotatable bonds is 3. The second kappa shape index (κ2) is 6.10. The topological polar surface area (TPSA) is 44.2 Å². The molecule has 112 valence electrons. The summed E-state index contributed by atoms with van der Waals surface area (Å²) in [6.07, 6.45) is 0. The van der Waals surface area contributed by atoms with Crippen molar-refractivity contribution in [3.05, 3.63) is 46.2 Å². The van der Waals surface area contributed by atoms with Gasteiger partial charge in [-0.3, -0.25) is 0 Å². The van der Waals surface area contributed by atoms with Gasteiger partial charge in [0.2, 0.25) is 5.28 Å². The van der Waals surface area contributed by atoms with E-state index in [9.17, 15) is 0 Å². The molecule has 0 saturated carbocycles. The number of nitrogens with zero attached hydrogens (tertiary/aromatic N) is 2. The van der Waals surface area contributed by atoms with E-state index in [4.69, 9.17) is 21.1 Å². The molecule has 0 fully saturated rings. The van der Waals surface area contributed by atoms with Gasteiger partial charge in [0.25, 0.3) is 0 Å². The van der Waals surface area contributed by atoms with Crippen LogP contribution in [0.5, 0.6) is 11.5 Å². The van der Waals surface area contributed by atoms with Crippen molar-refractivity contribution in [3.63, 3.8) is 0 Å². The molecule has 0 aliphatic heterocycles. The second-order valence-corrected chi connectivity index (χ2v) is 5.83. The average molecular weight is 380 g/mol. The predicted molar refractivity (Wildman–Crippen MR) is 90.8 cm³/mol. The van der Waals surface area contributed by atoms with Crippen molar-refractivity contribution < 1.29 is 9.47 Å². The van der Waals surface area contributed by atoms with Crippen LogP contribution >= 0.6 is 27.5 Å². The highest BCUT2D eigenvalue weighted by Gasteiger charge is 2.12. The molecule has 3 rings (SSSR count). The lowest BCUT2D eigenvalue weighted by molar-refractivity contribution is 0.355. The fraction of sp³-hybridized carbons (Fsp3) is 0.125. The molecule has 0 bridgehead atoms. The second-order valence-electron chi connectivity index (χ2n) is 4.57. The smallest absolute Gasteiger partial charge is 0.223 e. The van der Waals surface area contributed by atoms with Gasteiger partial charge in [-0.1, -0.05) is 15.9 Å². The molecule has 0 radical (unpaired) electrons. The zero-order chi connectivity index (χ0) is 15.7. The molecule has 0 atom stereocenters. The Morgan fingerprint density at radius 1 is 0.955 bits per heavy atom. The maximum atomic E-state index is 6.06. The molecular formula is C16H12BrClN2O2. The molecule has 6 heteroatoms. The maximum absolute atomic E-state index is 6.06. The lowest BCUT2D eigenvalue weighted by Gasteiger charge is -2.11. The molecule has 3 aromatic rings. The number of fused-ring (bicyclic) bond motifs is 1. The monoisotopic (exact) mass is 378 g/mol. The standard InChI is InChI=1S/C16H12BrClN2O2/c1-21-13-6-3-9(7-14(13)22-2)15-11-8-10(17)4-5-12(11)19-16(18)20-15/h3-8H,1-2H3. The van der Waals surface area contributed by atoms with Gasteiger partial charge in [-0.15, -0.1) is 0 Å². The summed E-state index contributed by atoms with van der Waals surface area (Å²) in [4.78, 5) is 8.64. The highest BCUT2D eigenvalue weighted by atomic mass is 79.9. The Labute approximate surface area is 141 Å². The minimum Gasteiger partial charge on any atom is -0.493 e. The molecule has 0 N–H and O–H groups in total. The van der Waals surface area contributed by atoms with Gasteiger partial charge in [0.15, 0.2) is 11.5 Å². The summed E-state index contributed by atoms with van der Waals surface area (Å²) >= 11 is 9.53. The first-order valence-corrected chi connectivity index (χ1v) is 7.64. The summed E-state index contributed by atoms with van der Waals surface area (Å²) in [5.41, 5.74) is 2.41. The van der Waals surface area contributed by atoms with Gasteiger partial charge in [-0.25, -0.2) is 9.97 Å². The molecule has 0 amide bonds. The van der Waals surface area contributed by atoms with E-state index in [-0.39, 0.29) is 5.28 Å². The first kappa shape index (κ1) is 15.1. The van der Waals surface area contributed by atoms with Crippen molar-refractivity contribution in [3.8, 4) is 22.8 Å². The van der Waals surface area contributed by atoms with Gasteiger partial charge in [0.05, 0.1) is 25.4 Å². The Hall–Kier alpha value is -1.85. The van der Waals surface area contributed by atoms with Crippen molar-refractivity contribution in [2.75, 3.05) is 14.2 Å². The molecule has 1 heterocycles. The highest BCUT2D eigenvalue weighted by molar-refractivity contribution is 9.10. The van der Waals surface area contributed by atoms with E-state index in [0.717, 1.165) is 26.6 Å². The van der Waals surface area contributed by atoms with Gasteiger partial charge in [0, 0.05) is 15.4 Å². The third-order valence-corrected chi connectivity index (χ3v) is 3.95. The number of ether oxygens (including phenoxy) is 2. The van der Waals surface area contributed by atoms with Gasteiger partial charge >= 0.3 is 0 Å². The van der Waals surface area contributed by atoms with E-state index in [0.29, 0.717) is 11.5 Å². The summed E-state index contributed by atoms with van der Waals surface area (Å²) < 4.78 is 11.6. The van der Waals surface area contributed by atoms with Crippen LogP contribution in [-0.4, -0.2) is 24.2 Å². The molecule has 1 aromatic heterocycles. The van der Waals surface area contributed by atoms with Crippen LogP contribution in [0.3, 0.4) is 0 Å². The molecule has 0 unspecified atom stereocenters. The van der Waals surface area contributed by atoms with E-state index < -0.39 is 0 Å². The lowest BCUT2D eigenvalue weighted by Crippen LogP contribution is -1.94. The van der Waals surface area contributed by atoms with Crippen LogP contribution in [0.2, 0.25) is 5.28 Å². The maximum Gasteiger partial charge on any atom is 0.223 e. The van der Waals surface area contributed by atoms with E-state index in [1.807, 2.05) is 36.4 Å².